The molecular formula is C15H16FN3O. The van der Waals surface area contributed by atoms with Crippen LogP contribution in [0.4, 0.5) is 4.39 Å². The van der Waals surface area contributed by atoms with Gasteiger partial charge in [0, 0.05) is 17.8 Å². The molecule has 0 atom stereocenters. The molecule has 0 spiro atoms. The topological polar surface area (TPSA) is 46.9 Å². The van der Waals surface area contributed by atoms with Gasteiger partial charge >= 0.3 is 0 Å². The largest absolute Gasteiger partial charge is 0.351 e. The zero-order valence-electron chi connectivity index (χ0n) is 11.3. The molecule has 1 aromatic carbocycles. The predicted octanol–water partition coefficient (Wildman–Crippen LogP) is 2.25. The number of hydrogen-bond acceptors (Lipinski definition) is 2. The van der Waals surface area contributed by atoms with Crippen LogP contribution in [0, 0.1) is 5.82 Å². The van der Waals surface area contributed by atoms with Crippen LogP contribution in [-0.2, 0) is 12.8 Å². The molecule has 0 unspecified atom stereocenters. The van der Waals surface area contributed by atoms with E-state index in [-0.39, 0.29) is 11.7 Å². The number of amides is 1. The van der Waals surface area contributed by atoms with Crippen LogP contribution in [0.15, 0.2) is 24.3 Å². The fraction of sp³-hybridized carbons (Fsp3) is 0.333. The number of carbonyl (C=O) groups excluding carboxylic acids is 1. The van der Waals surface area contributed by atoms with Crippen molar-refractivity contribution in [1.29, 1.82) is 0 Å². The van der Waals surface area contributed by atoms with Gasteiger partial charge in [-0.05, 0) is 50.5 Å². The van der Waals surface area contributed by atoms with Gasteiger partial charge in [-0.2, -0.15) is 5.10 Å². The number of rotatable bonds is 3. The standard InChI is InChI=1S/C15H16FN3O/c1-2-17-15(20)14-12-4-3-5-13(12)19(18-14)11-8-6-10(16)7-9-11/h6-9H,2-5H2,1H3,(H,17,20). The van der Waals surface area contributed by atoms with E-state index >= 15 is 0 Å². The molecule has 0 saturated carbocycles. The van der Waals surface area contributed by atoms with Crippen molar-refractivity contribution in [1.82, 2.24) is 15.1 Å². The number of nitrogens with zero attached hydrogens (tertiary/aromatic N) is 2. The normalized spacial score (nSPS) is 13.3. The van der Waals surface area contributed by atoms with Crippen molar-refractivity contribution in [3.63, 3.8) is 0 Å². The molecule has 0 aliphatic heterocycles. The second-order valence-electron chi connectivity index (χ2n) is 4.88. The number of aromatic nitrogens is 2. The second kappa shape index (κ2) is 5.07. The quantitative estimate of drug-likeness (QED) is 0.932. The summed E-state index contributed by atoms with van der Waals surface area (Å²) in [5.41, 5.74) is 3.39. The minimum absolute atomic E-state index is 0.133. The molecule has 20 heavy (non-hydrogen) atoms. The first-order valence-electron chi connectivity index (χ1n) is 6.85. The summed E-state index contributed by atoms with van der Waals surface area (Å²) in [5.74, 6) is -0.409. The number of fused-ring (bicyclic) bond motifs is 1. The molecule has 1 amide bonds. The van der Waals surface area contributed by atoms with E-state index in [0.29, 0.717) is 12.2 Å². The Bertz CT molecular complexity index is 646. The Morgan fingerprint density at radius 1 is 1.35 bits per heavy atom. The number of halogens is 1. The molecule has 5 heteroatoms. The Morgan fingerprint density at radius 3 is 2.80 bits per heavy atom. The van der Waals surface area contributed by atoms with Gasteiger partial charge < -0.3 is 5.32 Å². The summed E-state index contributed by atoms with van der Waals surface area (Å²) in [4.78, 5) is 12.1. The SMILES string of the molecule is CCNC(=O)c1nn(-c2ccc(F)cc2)c2c1CCC2. The van der Waals surface area contributed by atoms with Crippen molar-refractivity contribution in [2.45, 2.75) is 26.2 Å². The zero-order valence-corrected chi connectivity index (χ0v) is 11.3. The van der Waals surface area contributed by atoms with Gasteiger partial charge in [0.25, 0.3) is 5.91 Å². The molecule has 1 aromatic heterocycles. The highest BCUT2D eigenvalue weighted by atomic mass is 19.1. The van der Waals surface area contributed by atoms with Crippen LogP contribution in [0.25, 0.3) is 5.69 Å². The van der Waals surface area contributed by atoms with Gasteiger partial charge in [-0.15, -0.1) is 0 Å². The summed E-state index contributed by atoms with van der Waals surface area (Å²) < 4.78 is 14.8. The molecular weight excluding hydrogens is 257 g/mol. The third kappa shape index (κ3) is 2.09. The van der Waals surface area contributed by atoms with Crippen LogP contribution in [0.1, 0.15) is 35.1 Å². The van der Waals surface area contributed by atoms with Crippen LogP contribution in [0.3, 0.4) is 0 Å². The maximum atomic E-state index is 13.0. The first-order chi connectivity index (χ1) is 9.70. The lowest BCUT2D eigenvalue weighted by molar-refractivity contribution is 0.0949. The Balaban J connectivity index is 2.06. The van der Waals surface area contributed by atoms with E-state index in [9.17, 15) is 9.18 Å². The van der Waals surface area contributed by atoms with Crippen LogP contribution >= 0.6 is 0 Å². The Morgan fingerprint density at radius 2 is 2.10 bits per heavy atom. The van der Waals surface area contributed by atoms with Gasteiger partial charge in [0.05, 0.1) is 5.69 Å². The zero-order chi connectivity index (χ0) is 14.1. The molecule has 1 aliphatic rings. The molecule has 104 valence electrons. The summed E-state index contributed by atoms with van der Waals surface area (Å²) in [6, 6.07) is 6.18. The Kier molecular flexibility index (Phi) is 3.26. The summed E-state index contributed by atoms with van der Waals surface area (Å²) in [6.45, 7) is 2.46. The maximum Gasteiger partial charge on any atom is 0.272 e. The summed E-state index contributed by atoms with van der Waals surface area (Å²) >= 11 is 0. The smallest absolute Gasteiger partial charge is 0.272 e. The van der Waals surface area contributed by atoms with E-state index in [1.807, 2.05) is 6.92 Å². The molecule has 4 nitrogen and oxygen atoms in total. The van der Waals surface area contributed by atoms with Gasteiger partial charge in [-0.25, -0.2) is 9.07 Å². The number of nitrogens with one attached hydrogen (secondary N) is 1. The van der Waals surface area contributed by atoms with E-state index in [0.717, 1.165) is 36.2 Å². The lowest BCUT2D eigenvalue weighted by Gasteiger charge is -2.05. The van der Waals surface area contributed by atoms with Gasteiger partial charge in [0.2, 0.25) is 0 Å². The van der Waals surface area contributed by atoms with Crippen LogP contribution < -0.4 is 5.32 Å². The van der Waals surface area contributed by atoms with Crippen molar-refractivity contribution in [2.24, 2.45) is 0 Å². The van der Waals surface area contributed by atoms with Crippen molar-refractivity contribution in [3.05, 3.63) is 47.0 Å². The third-order valence-electron chi connectivity index (χ3n) is 3.55. The van der Waals surface area contributed by atoms with Crippen molar-refractivity contribution < 1.29 is 9.18 Å². The average Bonchev–Trinajstić information content (AvgIpc) is 3.01. The highest BCUT2D eigenvalue weighted by Crippen LogP contribution is 2.27. The van der Waals surface area contributed by atoms with E-state index < -0.39 is 0 Å². The van der Waals surface area contributed by atoms with E-state index in [1.54, 1.807) is 16.8 Å². The van der Waals surface area contributed by atoms with Crippen molar-refractivity contribution in [2.75, 3.05) is 6.54 Å². The molecule has 0 saturated heterocycles. The molecule has 0 bridgehead atoms. The van der Waals surface area contributed by atoms with Crippen LogP contribution in [0.2, 0.25) is 0 Å². The van der Waals surface area contributed by atoms with E-state index in [2.05, 4.69) is 10.4 Å². The molecule has 1 heterocycles. The molecule has 1 aliphatic carbocycles. The molecule has 3 rings (SSSR count). The minimum Gasteiger partial charge on any atom is -0.351 e. The molecule has 0 radical (unpaired) electrons. The van der Waals surface area contributed by atoms with Gasteiger partial charge in [-0.3, -0.25) is 4.79 Å². The average molecular weight is 273 g/mol. The fourth-order valence-electron chi connectivity index (χ4n) is 2.66. The third-order valence-corrected chi connectivity index (χ3v) is 3.55. The van der Waals surface area contributed by atoms with Gasteiger partial charge in [0.1, 0.15) is 5.82 Å². The number of carbonyl (C=O) groups is 1. The number of benzene rings is 1. The minimum atomic E-state index is -0.276. The van der Waals surface area contributed by atoms with Gasteiger partial charge in [0.15, 0.2) is 5.69 Å². The summed E-state index contributed by atoms with van der Waals surface area (Å²) in [7, 11) is 0. The van der Waals surface area contributed by atoms with E-state index in [1.165, 1.54) is 12.1 Å². The Hall–Kier alpha value is -2.17. The lowest BCUT2D eigenvalue weighted by atomic mass is 10.2. The van der Waals surface area contributed by atoms with Crippen molar-refractivity contribution in [3.8, 4) is 5.69 Å². The summed E-state index contributed by atoms with van der Waals surface area (Å²) in [5, 5.41) is 7.22. The van der Waals surface area contributed by atoms with Crippen molar-refractivity contribution >= 4 is 5.91 Å². The first kappa shape index (κ1) is 12.8. The first-order valence-corrected chi connectivity index (χ1v) is 6.85. The Labute approximate surface area is 116 Å². The van der Waals surface area contributed by atoms with Gasteiger partial charge in [-0.1, -0.05) is 0 Å². The predicted molar refractivity (Wildman–Crippen MR) is 73.6 cm³/mol. The molecule has 0 fully saturated rings. The highest BCUT2D eigenvalue weighted by Gasteiger charge is 2.26. The highest BCUT2D eigenvalue weighted by molar-refractivity contribution is 5.94. The summed E-state index contributed by atoms with van der Waals surface area (Å²) in [6.07, 6.45) is 2.81. The van der Waals surface area contributed by atoms with Crippen LogP contribution in [-0.4, -0.2) is 22.2 Å². The van der Waals surface area contributed by atoms with Crippen LogP contribution in [0.5, 0.6) is 0 Å². The lowest BCUT2D eigenvalue weighted by Crippen LogP contribution is -2.24. The monoisotopic (exact) mass is 273 g/mol. The maximum absolute atomic E-state index is 13.0. The fourth-order valence-corrected chi connectivity index (χ4v) is 2.66. The molecule has 1 N–H and O–H groups in total. The number of hydrogen-bond donors (Lipinski definition) is 1. The second-order valence-corrected chi connectivity index (χ2v) is 4.88. The van der Waals surface area contributed by atoms with E-state index in [4.69, 9.17) is 0 Å². The molecule has 2 aromatic rings.